The lowest BCUT2D eigenvalue weighted by atomic mass is 10.1. The van der Waals surface area contributed by atoms with Gasteiger partial charge in [-0.2, -0.15) is 0 Å². The number of furan rings is 1. The highest BCUT2D eigenvalue weighted by Crippen LogP contribution is 2.25. The molecule has 6 heteroatoms. The van der Waals surface area contributed by atoms with E-state index in [0.29, 0.717) is 16.6 Å². The molecule has 2 aromatic heterocycles. The molecule has 2 heterocycles. The van der Waals surface area contributed by atoms with Gasteiger partial charge < -0.3 is 10.2 Å². The number of carbonyl (C=O) groups is 1. The SMILES string of the molecule is Nc1cccc(-c2ccc(C(=O)Nc3nc(Cc4ccccc4)cs3)o2)c1. The van der Waals surface area contributed by atoms with Crippen molar-refractivity contribution in [2.45, 2.75) is 6.42 Å². The summed E-state index contributed by atoms with van der Waals surface area (Å²) in [5, 5.41) is 5.29. The molecule has 134 valence electrons. The minimum Gasteiger partial charge on any atom is -0.451 e. The van der Waals surface area contributed by atoms with Crippen LogP contribution in [0, 0.1) is 0 Å². The van der Waals surface area contributed by atoms with Gasteiger partial charge in [0.25, 0.3) is 5.91 Å². The van der Waals surface area contributed by atoms with Crippen LogP contribution in [-0.2, 0) is 6.42 Å². The van der Waals surface area contributed by atoms with Gasteiger partial charge in [-0.3, -0.25) is 10.1 Å². The van der Waals surface area contributed by atoms with Crippen LogP contribution in [0.25, 0.3) is 11.3 Å². The fourth-order valence-electron chi connectivity index (χ4n) is 2.72. The van der Waals surface area contributed by atoms with Crippen molar-refractivity contribution in [2.75, 3.05) is 11.1 Å². The number of thiazole rings is 1. The summed E-state index contributed by atoms with van der Waals surface area (Å²) in [7, 11) is 0. The third kappa shape index (κ3) is 4.07. The molecule has 0 aliphatic rings. The zero-order valence-electron chi connectivity index (χ0n) is 14.4. The van der Waals surface area contributed by atoms with E-state index in [4.69, 9.17) is 10.2 Å². The van der Waals surface area contributed by atoms with Crippen molar-refractivity contribution in [3.05, 3.63) is 89.1 Å². The Hall–Kier alpha value is -3.38. The van der Waals surface area contributed by atoms with Gasteiger partial charge >= 0.3 is 0 Å². The van der Waals surface area contributed by atoms with Gasteiger partial charge in [0.2, 0.25) is 0 Å². The Morgan fingerprint density at radius 1 is 1.07 bits per heavy atom. The van der Waals surface area contributed by atoms with Crippen molar-refractivity contribution in [3.8, 4) is 11.3 Å². The number of anilines is 2. The van der Waals surface area contributed by atoms with Gasteiger partial charge in [0.1, 0.15) is 5.76 Å². The van der Waals surface area contributed by atoms with Gasteiger partial charge in [0.05, 0.1) is 5.69 Å². The fraction of sp³-hybridized carbons (Fsp3) is 0.0476. The molecule has 0 spiro atoms. The van der Waals surface area contributed by atoms with Gasteiger partial charge in [0.15, 0.2) is 10.9 Å². The summed E-state index contributed by atoms with van der Waals surface area (Å²) in [4.78, 5) is 16.9. The molecule has 0 aliphatic heterocycles. The van der Waals surface area contributed by atoms with Crippen LogP contribution in [0.15, 0.2) is 76.5 Å². The van der Waals surface area contributed by atoms with Crippen LogP contribution < -0.4 is 11.1 Å². The number of hydrogen-bond donors (Lipinski definition) is 2. The van der Waals surface area contributed by atoms with E-state index in [1.165, 1.54) is 16.9 Å². The predicted molar refractivity (Wildman–Crippen MR) is 108 cm³/mol. The lowest BCUT2D eigenvalue weighted by molar-refractivity contribution is 0.0997. The van der Waals surface area contributed by atoms with E-state index in [1.807, 2.05) is 35.7 Å². The Labute approximate surface area is 160 Å². The molecule has 2 aromatic carbocycles. The van der Waals surface area contributed by atoms with Crippen molar-refractivity contribution >= 4 is 28.1 Å². The van der Waals surface area contributed by atoms with Crippen molar-refractivity contribution in [3.63, 3.8) is 0 Å². The molecule has 0 fully saturated rings. The number of nitrogens with zero attached hydrogens (tertiary/aromatic N) is 1. The zero-order valence-corrected chi connectivity index (χ0v) is 15.2. The third-order valence-electron chi connectivity index (χ3n) is 4.00. The second-order valence-corrected chi connectivity index (χ2v) is 6.91. The minimum absolute atomic E-state index is 0.229. The molecule has 0 aliphatic carbocycles. The maximum absolute atomic E-state index is 12.4. The van der Waals surface area contributed by atoms with E-state index in [2.05, 4.69) is 22.4 Å². The van der Waals surface area contributed by atoms with E-state index in [-0.39, 0.29) is 11.7 Å². The standard InChI is InChI=1S/C21H17N3O2S/c22-16-8-4-7-15(12-16)18-9-10-19(26-18)20(25)24-21-23-17(13-27-21)11-14-5-2-1-3-6-14/h1-10,12-13H,11,22H2,(H,23,24,25). The molecule has 0 radical (unpaired) electrons. The first-order valence-electron chi connectivity index (χ1n) is 8.43. The van der Waals surface area contributed by atoms with Crippen LogP contribution >= 0.6 is 11.3 Å². The lowest BCUT2D eigenvalue weighted by Crippen LogP contribution is -2.10. The maximum atomic E-state index is 12.4. The monoisotopic (exact) mass is 375 g/mol. The normalized spacial score (nSPS) is 10.7. The molecule has 0 saturated heterocycles. The van der Waals surface area contributed by atoms with Gasteiger partial charge in [-0.15, -0.1) is 11.3 Å². The molecule has 1 amide bonds. The van der Waals surface area contributed by atoms with Crippen LogP contribution in [-0.4, -0.2) is 10.9 Å². The first-order valence-corrected chi connectivity index (χ1v) is 9.31. The quantitative estimate of drug-likeness (QED) is 0.490. The van der Waals surface area contributed by atoms with Crippen molar-refractivity contribution in [2.24, 2.45) is 0 Å². The minimum atomic E-state index is -0.328. The largest absolute Gasteiger partial charge is 0.451 e. The molecule has 27 heavy (non-hydrogen) atoms. The van der Waals surface area contributed by atoms with Gasteiger partial charge in [-0.05, 0) is 29.8 Å². The molecule has 0 atom stereocenters. The predicted octanol–water partition coefficient (Wildman–Crippen LogP) is 4.83. The highest BCUT2D eigenvalue weighted by Gasteiger charge is 2.14. The molecule has 3 N–H and O–H groups in total. The molecule has 4 rings (SSSR count). The number of rotatable bonds is 5. The summed E-state index contributed by atoms with van der Waals surface area (Å²) >= 11 is 1.40. The Balaban J connectivity index is 1.44. The first kappa shape index (κ1) is 17.1. The fourth-order valence-corrected chi connectivity index (χ4v) is 3.42. The molecule has 0 bridgehead atoms. The Morgan fingerprint density at radius 3 is 2.74 bits per heavy atom. The number of nitrogen functional groups attached to an aromatic ring is 1. The maximum Gasteiger partial charge on any atom is 0.293 e. The van der Waals surface area contributed by atoms with Crippen LogP contribution in [0.1, 0.15) is 21.8 Å². The van der Waals surface area contributed by atoms with Crippen molar-refractivity contribution in [1.82, 2.24) is 4.98 Å². The molecule has 0 saturated carbocycles. The highest BCUT2D eigenvalue weighted by atomic mass is 32.1. The first-order chi connectivity index (χ1) is 13.2. The number of carbonyl (C=O) groups excluding carboxylic acids is 1. The van der Waals surface area contributed by atoms with E-state index in [1.54, 1.807) is 24.3 Å². The highest BCUT2D eigenvalue weighted by molar-refractivity contribution is 7.14. The summed E-state index contributed by atoms with van der Waals surface area (Å²) < 4.78 is 5.67. The summed E-state index contributed by atoms with van der Waals surface area (Å²) in [6, 6.07) is 20.8. The topological polar surface area (TPSA) is 81.2 Å². The summed E-state index contributed by atoms with van der Waals surface area (Å²) in [6.45, 7) is 0. The molecule has 5 nitrogen and oxygen atoms in total. The lowest BCUT2D eigenvalue weighted by Gasteiger charge is -2.00. The van der Waals surface area contributed by atoms with Crippen LogP contribution in [0.3, 0.4) is 0 Å². The molecular formula is C21H17N3O2S. The Kier molecular flexibility index (Phi) is 4.72. The van der Waals surface area contributed by atoms with Gasteiger partial charge in [-0.25, -0.2) is 4.98 Å². The number of aromatic nitrogens is 1. The summed E-state index contributed by atoms with van der Waals surface area (Å²) in [5.41, 5.74) is 9.36. The average Bonchev–Trinajstić information content (AvgIpc) is 3.32. The Morgan fingerprint density at radius 2 is 1.93 bits per heavy atom. The van der Waals surface area contributed by atoms with E-state index < -0.39 is 0 Å². The zero-order chi connectivity index (χ0) is 18.6. The van der Waals surface area contributed by atoms with Crippen molar-refractivity contribution in [1.29, 1.82) is 0 Å². The van der Waals surface area contributed by atoms with E-state index >= 15 is 0 Å². The second-order valence-electron chi connectivity index (χ2n) is 6.05. The van der Waals surface area contributed by atoms with Crippen LogP contribution in [0.5, 0.6) is 0 Å². The molecule has 4 aromatic rings. The van der Waals surface area contributed by atoms with Gasteiger partial charge in [-0.1, -0.05) is 42.5 Å². The van der Waals surface area contributed by atoms with E-state index in [0.717, 1.165) is 17.7 Å². The molecule has 0 unspecified atom stereocenters. The number of nitrogens with one attached hydrogen (secondary N) is 1. The number of hydrogen-bond acceptors (Lipinski definition) is 5. The number of benzene rings is 2. The van der Waals surface area contributed by atoms with E-state index in [9.17, 15) is 4.79 Å². The third-order valence-corrected chi connectivity index (χ3v) is 4.81. The van der Waals surface area contributed by atoms with Crippen LogP contribution in [0.4, 0.5) is 10.8 Å². The summed E-state index contributed by atoms with van der Waals surface area (Å²) in [5.74, 6) is 0.495. The van der Waals surface area contributed by atoms with Crippen LogP contribution in [0.2, 0.25) is 0 Å². The van der Waals surface area contributed by atoms with Crippen molar-refractivity contribution < 1.29 is 9.21 Å². The Bertz CT molecular complexity index is 1070. The molecular weight excluding hydrogens is 358 g/mol. The second kappa shape index (κ2) is 7.47. The number of amides is 1. The smallest absolute Gasteiger partial charge is 0.293 e. The van der Waals surface area contributed by atoms with Gasteiger partial charge in [0, 0.05) is 23.1 Å². The summed E-state index contributed by atoms with van der Waals surface area (Å²) in [6.07, 6.45) is 0.730. The average molecular weight is 375 g/mol. The number of nitrogens with two attached hydrogens (primary N) is 1.